The van der Waals surface area contributed by atoms with Crippen LogP contribution in [0.3, 0.4) is 0 Å². The van der Waals surface area contributed by atoms with E-state index in [-0.39, 0.29) is 12.5 Å². The Morgan fingerprint density at radius 2 is 1.94 bits per heavy atom. The van der Waals surface area contributed by atoms with Gasteiger partial charge >= 0.3 is 0 Å². The number of fused-ring (bicyclic) bond motifs is 1. The number of ether oxygens (including phenoxy) is 1. The smallest absolute Gasteiger partial charge is 0.255 e. The normalized spacial score (nSPS) is 11.7. The molecule has 34 heavy (non-hydrogen) atoms. The zero-order chi connectivity index (χ0) is 23.9. The molecule has 1 heterocycles. The van der Waals surface area contributed by atoms with Crippen molar-refractivity contribution in [3.63, 3.8) is 0 Å². The number of amides is 1. The predicted molar refractivity (Wildman–Crippen MR) is 136 cm³/mol. The van der Waals surface area contributed by atoms with Crippen molar-refractivity contribution in [1.29, 1.82) is 0 Å². The quantitative estimate of drug-likeness (QED) is 0.315. The number of H-pyrrole nitrogens is 1. The number of carbonyl (C=O) groups is 1. The summed E-state index contributed by atoms with van der Waals surface area (Å²) in [5.74, 6) is 2.87. The fraction of sp³-hybridized carbons (Fsp3) is 0.207. The molecule has 1 aromatic heterocycles. The van der Waals surface area contributed by atoms with Crippen LogP contribution in [0.15, 0.2) is 72.9 Å². The van der Waals surface area contributed by atoms with E-state index >= 15 is 0 Å². The van der Waals surface area contributed by atoms with Crippen LogP contribution >= 0.6 is 0 Å². The molecule has 4 aromatic rings. The van der Waals surface area contributed by atoms with Gasteiger partial charge in [0.2, 0.25) is 0 Å². The molecule has 3 N–H and O–H groups in total. The number of rotatable bonds is 9. The average Bonchev–Trinajstić information content (AvgIpc) is 3.29. The van der Waals surface area contributed by atoms with E-state index in [0.717, 1.165) is 39.6 Å². The van der Waals surface area contributed by atoms with Crippen LogP contribution in [0.4, 0.5) is 0 Å². The lowest BCUT2D eigenvalue weighted by Crippen LogP contribution is -2.39. The van der Waals surface area contributed by atoms with Crippen LogP contribution in [-0.2, 0) is 6.42 Å². The van der Waals surface area contributed by atoms with E-state index in [1.807, 2.05) is 79.9 Å². The molecular formula is C29H28N2O3. The number of hydrogen-bond donors (Lipinski definition) is 3. The Bertz CT molecular complexity index is 1330. The van der Waals surface area contributed by atoms with Crippen molar-refractivity contribution < 1.29 is 14.6 Å². The lowest BCUT2D eigenvalue weighted by molar-refractivity contribution is 0.0912. The molecule has 0 spiro atoms. The summed E-state index contributed by atoms with van der Waals surface area (Å²) in [6.45, 7) is 2.34. The standard InChI is InChI=1S/C29H28N2O3/c1-3-14-34-28-13-12-22(21-9-7-8-20(4-2)15-21)17-26(28)29(33)31-24(19-32)16-23-18-30-27-11-6-5-10-25(23)27/h2,5-13,15,17-18,24,30,32H,3,14,16,19H2,1H3,(H,31,33)/t24-/m0/s1. The third kappa shape index (κ3) is 5.14. The highest BCUT2D eigenvalue weighted by Crippen LogP contribution is 2.28. The molecule has 1 amide bonds. The first kappa shape index (κ1) is 23.2. The van der Waals surface area contributed by atoms with E-state index < -0.39 is 6.04 Å². The number of terminal acetylenes is 1. The third-order valence-electron chi connectivity index (χ3n) is 5.75. The SMILES string of the molecule is C#Cc1cccc(-c2ccc(OCCC)c(C(=O)N[C@H](CO)Cc3c[nH]c4ccccc34)c2)c1. The molecule has 0 aliphatic carbocycles. The average molecular weight is 453 g/mol. The first-order valence-electron chi connectivity index (χ1n) is 11.4. The Morgan fingerprint density at radius 1 is 1.12 bits per heavy atom. The van der Waals surface area contributed by atoms with Gasteiger partial charge in [0.25, 0.3) is 5.91 Å². The highest BCUT2D eigenvalue weighted by Gasteiger charge is 2.19. The summed E-state index contributed by atoms with van der Waals surface area (Å²) in [6.07, 6.45) is 8.81. The fourth-order valence-electron chi connectivity index (χ4n) is 4.00. The summed E-state index contributed by atoms with van der Waals surface area (Å²) >= 11 is 0. The number of carbonyl (C=O) groups excluding carboxylic acids is 1. The van der Waals surface area contributed by atoms with E-state index in [0.29, 0.717) is 24.3 Å². The number of aliphatic hydroxyl groups is 1. The number of nitrogens with one attached hydrogen (secondary N) is 2. The van der Waals surface area contributed by atoms with Crippen LogP contribution in [0, 0.1) is 12.3 Å². The molecule has 5 nitrogen and oxygen atoms in total. The molecule has 0 aliphatic rings. The molecule has 0 unspecified atom stereocenters. The van der Waals surface area contributed by atoms with Crippen LogP contribution in [0.1, 0.15) is 34.8 Å². The Hall–Kier alpha value is -4.01. The first-order valence-corrected chi connectivity index (χ1v) is 11.4. The monoisotopic (exact) mass is 452 g/mol. The van der Waals surface area contributed by atoms with Crippen molar-refractivity contribution in [3.05, 3.63) is 89.6 Å². The zero-order valence-corrected chi connectivity index (χ0v) is 19.2. The van der Waals surface area contributed by atoms with Crippen LogP contribution < -0.4 is 10.1 Å². The van der Waals surface area contributed by atoms with Crippen LogP contribution in [0.2, 0.25) is 0 Å². The van der Waals surface area contributed by atoms with Crippen LogP contribution in [0.5, 0.6) is 5.75 Å². The molecule has 0 saturated carbocycles. The summed E-state index contributed by atoms with van der Waals surface area (Å²) < 4.78 is 5.86. The molecule has 3 aromatic carbocycles. The topological polar surface area (TPSA) is 74.3 Å². The van der Waals surface area contributed by atoms with Gasteiger partial charge in [0, 0.05) is 22.7 Å². The second-order valence-corrected chi connectivity index (χ2v) is 8.20. The van der Waals surface area contributed by atoms with E-state index in [1.165, 1.54) is 0 Å². The van der Waals surface area contributed by atoms with Crippen LogP contribution in [0.25, 0.3) is 22.0 Å². The number of hydrogen-bond acceptors (Lipinski definition) is 3. The molecule has 0 fully saturated rings. The summed E-state index contributed by atoms with van der Waals surface area (Å²) in [4.78, 5) is 16.6. The largest absolute Gasteiger partial charge is 0.493 e. The molecule has 4 rings (SSSR count). The van der Waals surface area contributed by atoms with Gasteiger partial charge < -0.3 is 20.1 Å². The maximum absolute atomic E-state index is 13.4. The van der Waals surface area contributed by atoms with Crippen molar-refractivity contribution in [2.45, 2.75) is 25.8 Å². The fourth-order valence-corrected chi connectivity index (χ4v) is 4.00. The van der Waals surface area contributed by atoms with Gasteiger partial charge in [0.1, 0.15) is 5.75 Å². The van der Waals surface area contributed by atoms with Crippen molar-refractivity contribution in [3.8, 4) is 29.2 Å². The van der Waals surface area contributed by atoms with E-state index in [9.17, 15) is 9.90 Å². The minimum atomic E-state index is -0.445. The molecular weight excluding hydrogens is 424 g/mol. The Labute approximate surface area is 199 Å². The Kier molecular flexibility index (Phi) is 7.31. The van der Waals surface area contributed by atoms with Gasteiger partial charge in [-0.05, 0) is 59.9 Å². The van der Waals surface area contributed by atoms with E-state index in [4.69, 9.17) is 11.2 Å². The van der Waals surface area contributed by atoms with Crippen molar-refractivity contribution in [2.75, 3.05) is 13.2 Å². The van der Waals surface area contributed by atoms with Gasteiger partial charge in [-0.3, -0.25) is 4.79 Å². The number of aromatic nitrogens is 1. The van der Waals surface area contributed by atoms with Gasteiger partial charge in [-0.1, -0.05) is 49.2 Å². The molecule has 5 heteroatoms. The highest BCUT2D eigenvalue weighted by atomic mass is 16.5. The van der Waals surface area contributed by atoms with Gasteiger partial charge in [0.15, 0.2) is 0 Å². The highest BCUT2D eigenvalue weighted by molar-refractivity contribution is 5.98. The molecule has 0 aliphatic heterocycles. The molecule has 0 saturated heterocycles. The van der Waals surface area contributed by atoms with Crippen molar-refractivity contribution in [1.82, 2.24) is 10.3 Å². The number of benzene rings is 3. The minimum absolute atomic E-state index is 0.180. The van der Waals surface area contributed by atoms with Gasteiger partial charge in [-0.25, -0.2) is 0 Å². The summed E-state index contributed by atoms with van der Waals surface area (Å²) in [5.41, 5.74) is 5.05. The van der Waals surface area contributed by atoms with Gasteiger partial charge in [-0.15, -0.1) is 6.42 Å². The van der Waals surface area contributed by atoms with Crippen molar-refractivity contribution in [2.24, 2.45) is 0 Å². The number of aromatic amines is 1. The Balaban J connectivity index is 1.60. The summed E-state index contributed by atoms with van der Waals surface area (Å²) in [5, 5.41) is 14.1. The van der Waals surface area contributed by atoms with Crippen molar-refractivity contribution >= 4 is 16.8 Å². The van der Waals surface area contributed by atoms with Crippen LogP contribution in [-0.4, -0.2) is 35.3 Å². The number of para-hydroxylation sites is 1. The Morgan fingerprint density at radius 3 is 2.74 bits per heavy atom. The van der Waals surface area contributed by atoms with Gasteiger partial charge in [-0.2, -0.15) is 0 Å². The van der Waals surface area contributed by atoms with Gasteiger partial charge in [0.05, 0.1) is 24.8 Å². The molecule has 1 atom stereocenters. The minimum Gasteiger partial charge on any atom is -0.493 e. The van der Waals surface area contributed by atoms with E-state index in [2.05, 4.69) is 16.2 Å². The molecule has 172 valence electrons. The maximum atomic E-state index is 13.4. The predicted octanol–water partition coefficient (Wildman–Crippen LogP) is 4.94. The lowest BCUT2D eigenvalue weighted by atomic mass is 9.99. The number of aliphatic hydroxyl groups excluding tert-OH is 1. The summed E-state index contributed by atoms with van der Waals surface area (Å²) in [7, 11) is 0. The maximum Gasteiger partial charge on any atom is 0.255 e. The second-order valence-electron chi connectivity index (χ2n) is 8.20. The second kappa shape index (κ2) is 10.7. The van der Waals surface area contributed by atoms with E-state index in [1.54, 1.807) is 0 Å². The first-order chi connectivity index (χ1) is 16.6. The zero-order valence-electron chi connectivity index (χ0n) is 19.2. The molecule has 0 radical (unpaired) electrons. The lowest BCUT2D eigenvalue weighted by Gasteiger charge is -2.18. The third-order valence-corrected chi connectivity index (χ3v) is 5.75. The summed E-state index contributed by atoms with van der Waals surface area (Å²) in [6, 6.07) is 20.7. The molecule has 0 bridgehead atoms.